The highest BCUT2D eigenvalue weighted by molar-refractivity contribution is 7.91. The van der Waals surface area contributed by atoms with Crippen LogP contribution in [-0.2, 0) is 30.8 Å². The Hall–Kier alpha value is -1.85. The van der Waals surface area contributed by atoms with Crippen LogP contribution in [0.15, 0.2) is 57.6 Å². The lowest BCUT2D eigenvalue weighted by molar-refractivity contribution is 0.284. The van der Waals surface area contributed by atoms with Gasteiger partial charge in [0.15, 0.2) is 9.84 Å². The van der Waals surface area contributed by atoms with Crippen molar-refractivity contribution in [1.29, 1.82) is 0 Å². The molecule has 0 saturated heterocycles. The second-order valence-electron chi connectivity index (χ2n) is 5.80. The maximum Gasteiger partial charge on any atom is 0.397 e. The third-order valence-corrected chi connectivity index (χ3v) is 6.07. The van der Waals surface area contributed by atoms with Crippen LogP contribution >= 0.6 is 11.6 Å². The van der Waals surface area contributed by atoms with E-state index in [9.17, 15) is 16.8 Å². The van der Waals surface area contributed by atoms with E-state index in [-0.39, 0.29) is 4.90 Å². The monoisotopic (exact) mass is 446 g/mol. The van der Waals surface area contributed by atoms with E-state index in [1.165, 1.54) is 24.3 Å². The molecule has 0 aromatic heterocycles. The van der Waals surface area contributed by atoms with E-state index >= 15 is 0 Å². The standard InChI is InChI=1S/C17H19ClN2O6S2/c1-2-3-13-4-9-17(16(18)12-13)20-19-14-5-7-15(8-6-14)27(21,22)11-10-26-28(23,24)25/h4-9,12H,2-3,10-11H2,1H3,(H,23,24,25). The van der Waals surface area contributed by atoms with Gasteiger partial charge in [-0.2, -0.15) is 13.5 Å². The van der Waals surface area contributed by atoms with Crippen LogP contribution in [0.3, 0.4) is 0 Å². The minimum absolute atomic E-state index is 0.0349. The molecule has 0 saturated carbocycles. The quantitative estimate of drug-likeness (QED) is 0.452. The van der Waals surface area contributed by atoms with Crippen LogP contribution in [0.2, 0.25) is 5.02 Å². The first-order valence-electron chi connectivity index (χ1n) is 8.25. The first-order chi connectivity index (χ1) is 13.1. The predicted octanol–water partition coefficient (Wildman–Crippen LogP) is 4.30. The van der Waals surface area contributed by atoms with E-state index in [0.29, 0.717) is 16.4 Å². The smallest absolute Gasteiger partial charge is 0.264 e. The number of hydrogen-bond acceptors (Lipinski definition) is 7. The number of azo groups is 1. The normalized spacial score (nSPS) is 12.5. The molecule has 0 spiro atoms. The summed E-state index contributed by atoms with van der Waals surface area (Å²) in [7, 11) is -8.46. The summed E-state index contributed by atoms with van der Waals surface area (Å²) in [4.78, 5) is -0.0349. The number of benzene rings is 2. The molecule has 2 rings (SSSR count). The molecule has 2 aromatic carbocycles. The van der Waals surface area contributed by atoms with E-state index in [4.69, 9.17) is 16.2 Å². The van der Waals surface area contributed by atoms with Crippen molar-refractivity contribution in [2.75, 3.05) is 12.4 Å². The Balaban J connectivity index is 2.07. The summed E-state index contributed by atoms with van der Waals surface area (Å²) in [5.41, 5.74) is 2.03. The van der Waals surface area contributed by atoms with Crippen molar-refractivity contribution in [3.05, 3.63) is 53.1 Å². The molecule has 28 heavy (non-hydrogen) atoms. The Morgan fingerprint density at radius 1 is 1.04 bits per heavy atom. The minimum atomic E-state index is -4.68. The molecule has 2 aromatic rings. The second-order valence-corrected chi connectivity index (χ2v) is 9.41. The van der Waals surface area contributed by atoms with Gasteiger partial charge in [-0.25, -0.2) is 12.6 Å². The molecule has 11 heteroatoms. The zero-order chi connectivity index (χ0) is 20.8. The lowest BCUT2D eigenvalue weighted by atomic mass is 10.1. The summed E-state index contributed by atoms with van der Waals surface area (Å²) in [6, 6.07) is 11.1. The highest BCUT2D eigenvalue weighted by Gasteiger charge is 2.16. The van der Waals surface area contributed by atoms with Crippen molar-refractivity contribution in [2.45, 2.75) is 24.7 Å². The van der Waals surface area contributed by atoms with Crippen LogP contribution in [0.5, 0.6) is 0 Å². The molecule has 0 atom stereocenters. The Bertz CT molecular complexity index is 1050. The van der Waals surface area contributed by atoms with Crippen molar-refractivity contribution < 1.29 is 25.6 Å². The molecule has 0 bridgehead atoms. The fourth-order valence-corrected chi connectivity index (χ4v) is 4.00. The van der Waals surface area contributed by atoms with Crippen molar-refractivity contribution in [3.63, 3.8) is 0 Å². The van der Waals surface area contributed by atoms with Gasteiger partial charge in [0.25, 0.3) is 0 Å². The Labute approximate surface area is 169 Å². The maximum atomic E-state index is 12.1. The third-order valence-electron chi connectivity index (χ3n) is 3.60. The fraction of sp³-hybridized carbons (Fsp3) is 0.294. The van der Waals surface area contributed by atoms with Gasteiger partial charge in [-0.3, -0.25) is 4.55 Å². The molecule has 0 aliphatic rings. The van der Waals surface area contributed by atoms with Crippen molar-refractivity contribution in [1.82, 2.24) is 0 Å². The molecule has 8 nitrogen and oxygen atoms in total. The lowest BCUT2D eigenvalue weighted by Gasteiger charge is -2.04. The number of sulfone groups is 1. The maximum absolute atomic E-state index is 12.1. The number of rotatable bonds is 9. The summed E-state index contributed by atoms with van der Waals surface area (Å²) >= 11 is 6.19. The zero-order valence-electron chi connectivity index (χ0n) is 14.9. The molecule has 0 aliphatic heterocycles. The van der Waals surface area contributed by atoms with Gasteiger partial charge in [0, 0.05) is 0 Å². The van der Waals surface area contributed by atoms with E-state index in [0.717, 1.165) is 18.4 Å². The van der Waals surface area contributed by atoms with Crippen LogP contribution in [0.1, 0.15) is 18.9 Å². The van der Waals surface area contributed by atoms with Crippen molar-refractivity contribution in [2.24, 2.45) is 10.2 Å². The molecular weight excluding hydrogens is 428 g/mol. The number of halogens is 1. The summed E-state index contributed by atoms with van der Waals surface area (Å²) in [6.07, 6.45) is 1.93. The van der Waals surface area contributed by atoms with Gasteiger partial charge in [-0.15, -0.1) is 5.11 Å². The second kappa shape index (κ2) is 9.57. The van der Waals surface area contributed by atoms with Gasteiger partial charge in [-0.05, 0) is 48.4 Å². The van der Waals surface area contributed by atoms with Gasteiger partial charge in [0.2, 0.25) is 0 Å². The highest BCUT2D eigenvalue weighted by Crippen LogP contribution is 2.28. The molecule has 0 fully saturated rings. The fourth-order valence-electron chi connectivity index (χ4n) is 2.27. The molecular formula is C17H19ClN2O6S2. The van der Waals surface area contributed by atoms with Gasteiger partial charge in [0.05, 0.1) is 28.0 Å². The van der Waals surface area contributed by atoms with Gasteiger partial charge < -0.3 is 0 Å². The summed E-state index contributed by atoms with van der Waals surface area (Å²) in [5.74, 6) is -0.604. The lowest BCUT2D eigenvalue weighted by Crippen LogP contribution is -2.15. The molecule has 0 heterocycles. The Morgan fingerprint density at radius 3 is 2.29 bits per heavy atom. The topological polar surface area (TPSA) is 122 Å². The third kappa shape index (κ3) is 6.95. The predicted molar refractivity (Wildman–Crippen MR) is 106 cm³/mol. The molecule has 1 N–H and O–H groups in total. The van der Waals surface area contributed by atoms with E-state index in [1.54, 1.807) is 6.07 Å². The van der Waals surface area contributed by atoms with Crippen LogP contribution in [0.4, 0.5) is 11.4 Å². The Morgan fingerprint density at radius 2 is 1.71 bits per heavy atom. The average Bonchev–Trinajstić information content (AvgIpc) is 2.60. The zero-order valence-corrected chi connectivity index (χ0v) is 17.3. The molecule has 152 valence electrons. The summed E-state index contributed by atoms with van der Waals surface area (Å²) in [6.45, 7) is 1.39. The number of hydrogen-bond donors (Lipinski definition) is 1. The van der Waals surface area contributed by atoms with Crippen LogP contribution in [0.25, 0.3) is 0 Å². The largest absolute Gasteiger partial charge is 0.397 e. The first-order valence-corrected chi connectivity index (χ1v) is 11.6. The van der Waals surface area contributed by atoms with Crippen LogP contribution < -0.4 is 0 Å². The van der Waals surface area contributed by atoms with Crippen LogP contribution in [-0.4, -0.2) is 33.7 Å². The van der Waals surface area contributed by atoms with E-state index in [2.05, 4.69) is 21.3 Å². The van der Waals surface area contributed by atoms with E-state index in [1.807, 2.05) is 12.1 Å². The molecule has 0 aliphatic carbocycles. The average molecular weight is 447 g/mol. The summed E-state index contributed by atoms with van der Waals surface area (Å²) in [5, 5.41) is 8.59. The Kier molecular flexibility index (Phi) is 7.67. The van der Waals surface area contributed by atoms with Crippen molar-refractivity contribution in [3.8, 4) is 0 Å². The minimum Gasteiger partial charge on any atom is -0.264 e. The highest BCUT2D eigenvalue weighted by atomic mass is 35.5. The number of nitrogens with zero attached hydrogens (tertiary/aromatic N) is 2. The van der Waals surface area contributed by atoms with Gasteiger partial charge >= 0.3 is 10.4 Å². The molecule has 0 radical (unpaired) electrons. The SMILES string of the molecule is CCCc1ccc(N=Nc2ccc(S(=O)(=O)CCOS(=O)(=O)O)cc2)c(Cl)c1. The van der Waals surface area contributed by atoms with Crippen LogP contribution in [0, 0.1) is 0 Å². The molecule has 0 amide bonds. The van der Waals surface area contributed by atoms with E-state index < -0.39 is 32.6 Å². The first kappa shape index (κ1) is 22.4. The van der Waals surface area contributed by atoms with Gasteiger partial charge in [-0.1, -0.05) is 31.0 Å². The van der Waals surface area contributed by atoms with Crippen molar-refractivity contribution >= 4 is 43.2 Å². The number of aryl methyl sites for hydroxylation is 1. The van der Waals surface area contributed by atoms with Gasteiger partial charge in [0.1, 0.15) is 5.69 Å². The summed E-state index contributed by atoms with van der Waals surface area (Å²) < 4.78 is 57.7. The molecule has 0 unspecified atom stereocenters.